The van der Waals surface area contributed by atoms with E-state index >= 15 is 0 Å². The number of carbonyl (C=O) groups excluding carboxylic acids is 1. The van der Waals surface area contributed by atoms with Crippen LogP contribution in [0.15, 0.2) is 42.7 Å². The quantitative estimate of drug-likeness (QED) is 0.635. The summed E-state index contributed by atoms with van der Waals surface area (Å²) in [5, 5.41) is 13.7. The summed E-state index contributed by atoms with van der Waals surface area (Å²) in [5.41, 5.74) is 6.81. The largest absolute Gasteiger partial charge is 0.380 e. The number of nitrogens with one attached hydrogen (secondary N) is 1. The Morgan fingerprint density at radius 1 is 1.40 bits per heavy atom. The van der Waals surface area contributed by atoms with Crippen LogP contribution in [-0.2, 0) is 6.54 Å². The number of rotatable bonds is 5. The third-order valence-corrected chi connectivity index (χ3v) is 2.69. The molecule has 2 aromatic rings. The number of carbonyl (C=O) groups is 1. The predicted molar refractivity (Wildman–Crippen MR) is 73.2 cm³/mol. The lowest BCUT2D eigenvalue weighted by Crippen LogP contribution is -2.14. The van der Waals surface area contributed by atoms with Crippen LogP contribution in [0, 0.1) is 10.1 Å². The minimum Gasteiger partial charge on any atom is -0.380 e. The molecule has 0 saturated heterocycles. The number of primary amides is 1. The van der Waals surface area contributed by atoms with E-state index in [1.54, 1.807) is 18.2 Å². The number of pyridine rings is 1. The minimum absolute atomic E-state index is 0.0224. The average Bonchev–Trinajstić information content (AvgIpc) is 2.45. The van der Waals surface area contributed by atoms with E-state index in [2.05, 4.69) is 10.3 Å². The van der Waals surface area contributed by atoms with Gasteiger partial charge in [-0.1, -0.05) is 12.1 Å². The Bertz CT molecular complexity index is 658. The molecule has 0 unspecified atom stereocenters. The molecule has 0 aliphatic heterocycles. The van der Waals surface area contributed by atoms with E-state index in [9.17, 15) is 14.9 Å². The van der Waals surface area contributed by atoms with Crippen LogP contribution >= 0.6 is 0 Å². The summed E-state index contributed by atoms with van der Waals surface area (Å²) in [6, 6.07) is 7.88. The zero-order valence-electron chi connectivity index (χ0n) is 10.4. The van der Waals surface area contributed by atoms with Crippen LogP contribution in [0.4, 0.5) is 11.4 Å². The van der Waals surface area contributed by atoms with Gasteiger partial charge in [-0.15, -0.1) is 0 Å². The number of nitrogens with two attached hydrogens (primary N) is 1. The van der Waals surface area contributed by atoms with Crippen molar-refractivity contribution in [1.29, 1.82) is 0 Å². The van der Waals surface area contributed by atoms with E-state index in [1.165, 1.54) is 24.5 Å². The number of non-ortho nitro benzene ring substituents is 1. The fourth-order valence-corrected chi connectivity index (χ4v) is 1.72. The van der Waals surface area contributed by atoms with Gasteiger partial charge in [0.2, 0.25) is 0 Å². The van der Waals surface area contributed by atoms with Gasteiger partial charge in [-0.3, -0.25) is 19.9 Å². The Hall–Kier alpha value is -2.96. The first-order valence-electron chi connectivity index (χ1n) is 5.79. The summed E-state index contributed by atoms with van der Waals surface area (Å²) in [5.74, 6) is -0.584. The van der Waals surface area contributed by atoms with Crippen LogP contribution in [0.1, 0.15) is 15.9 Å². The fourth-order valence-electron chi connectivity index (χ4n) is 1.72. The van der Waals surface area contributed by atoms with E-state index in [-0.39, 0.29) is 11.3 Å². The fraction of sp³-hybridized carbons (Fsp3) is 0.0769. The molecular formula is C13H12N4O3. The van der Waals surface area contributed by atoms with Crippen molar-refractivity contribution in [3.63, 3.8) is 0 Å². The monoisotopic (exact) mass is 272 g/mol. The van der Waals surface area contributed by atoms with Crippen LogP contribution in [0.25, 0.3) is 0 Å². The van der Waals surface area contributed by atoms with Gasteiger partial charge < -0.3 is 11.1 Å². The van der Waals surface area contributed by atoms with E-state index in [0.29, 0.717) is 12.2 Å². The molecule has 2 rings (SSSR count). The number of nitro benzene ring substituents is 1. The highest BCUT2D eigenvalue weighted by Gasteiger charge is 2.09. The molecular weight excluding hydrogens is 260 g/mol. The maximum absolute atomic E-state index is 11.2. The number of amides is 1. The molecule has 0 bridgehead atoms. The Kier molecular flexibility index (Phi) is 3.90. The zero-order chi connectivity index (χ0) is 14.5. The molecule has 1 aromatic carbocycles. The maximum Gasteiger partial charge on any atom is 0.269 e. The second kappa shape index (κ2) is 5.79. The SMILES string of the molecule is NC(=O)c1cnccc1NCc1cccc([N+](=O)[O-])c1. The zero-order valence-corrected chi connectivity index (χ0v) is 10.4. The summed E-state index contributed by atoms with van der Waals surface area (Å²) in [4.78, 5) is 25.3. The second-order valence-electron chi connectivity index (χ2n) is 4.07. The molecule has 1 amide bonds. The molecule has 7 nitrogen and oxygen atoms in total. The lowest BCUT2D eigenvalue weighted by atomic mass is 10.2. The third kappa shape index (κ3) is 3.08. The topological polar surface area (TPSA) is 111 Å². The second-order valence-corrected chi connectivity index (χ2v) is 4.07. The van der Waals surface area contributed by atoms with Crippen molar-refractivity contribution >= 4 is 17.3 Å². The first-order chi connectivity index (χ1) is 9.58. The van der Waals surface area contributed by atoms with E-state index in [1.807, 2.05) is 0 Å². The molecule has 102 valence electrons. The van der Waals surface area contributed by atoms with Gasteiger partial charge >= 0.3 is 0 Å². The highest BCUT2D eigenvalue weighted by atomic mass is 16.6. The summed E-state index contributed by atoms with van der Waals surface area (Å²) < 4.78 is 0. The molecule has 3 N–H and O–H groups in total. The molecule has 1 aromatic heterocycles. The highest BCUT2D eigenvalue weighted by molar-refractivity contribution is 5.98. The normalized spacial score (nSPS) is 10.0. The summed E-state index contributed by atoms with van der Waals surface area (Å²) in [6.07, 6.45) is 2.90. The Morgan fingerprint density at radius 2 is 2.20 bits per heavy atom. The van der Waals surface area contributed by atoms with Crippen molar-refractivity contribution in [2.75, 3.05) is 5.32 Å². The predicted octanol–water partition coefficient (Wildman–Crippen LogP) is 1.70. The number of hydrogen-bond acceptors (Lipinski definition) is 5. The third-order valence-electron chi connectivity index (χ3n) is 2.69. The number of nitro groups is 1. The van der Waals surface area contributed by atoms with Crippen molar-refractivity contribution in [1.82, 2.24) is 4.98 Å². The molecule has 0 spiro atoms. The molecule has 1 heterocycles. The van der Waals surface area contributed by atoms with E-state index in [4.69, 9.17) is 5.73 Å². The van der Waals surface area contributed by atoms with Crippen molar-refractivity contribution < 1.29 is 9.72 Å². The van der Waals surface area contributed by atoms with Crippen LogP contribution in [0.3, 0.4) is 0 Å². The molecule has 0 atom stereocenters. The lowest BCUT2D eigenvalue weighted by Gasteiger charge is -2.09. The number of aromatic nitrogens is 1. The van der Waals surface area contributed by atoms with Crippen molar-refractivity contribution in [2.45, 2.75) is 6.54 Å². The Labute approximate surface area is 114 Å². The maximum atomic E-state index is 11.2. The van der Waals surface area contributed by atoms with Gasteiger partial charge in [0.1, 0.15) is 0 Å². The van der Waals surface area contributed by atoms with Crippen molar-refractivity contribution in [2.24, 2.45) is 5.73 Å². The standard InChI is InChI=1S/C13H12N4O3/c14-13(18)11-8-15-5-4-12(11)16-7-9-2-1-3-10(6-9)17(19)20/h1-6,8H,7H2,(H2,14,18)(H,15,16). The van der Waals surface area contributed by atoms with Crippen LogP contribution in [-0.4, -0.2) is 15.8 Å². The van der Waals surface area contributed by atoms with Gasteiger partial charge in [-0.2, -0.15) is 0 Å². The highest BCUT2D eigenvalue weighted by Crippen LogP contribution is 2.17. The van der Waals surface area contributed by atoms with E-state index < -0.39 is 10.8 Å². The summed E-state index contributed by atoms with van der Waals surface area (Å²) >= 11 is 0. The van der Waals surface area contributed by atoms with E-state index in [0.717, 1.165) is 5.56 Å². The first-order valence-corrected chi connectivity index (χ1v) is 5.79. The molecule has 20 heavy (non-hydrogen) atoms. The van der Waals surface area contributed by atoms with Gasteiger partial charge in [0.25, 0.3) is 11.6 Å². The van der Waals surface area contributed by atoms with Crippen LogP contribution in [0.2, 0.25) is 0 Å². The first kappa shape index (κ1) is 13.5. The molecule has 0 aliphatic carbocycles. The van der Waals surface area contributed by atoms with Gasteiger partial charge in [0, 0.05) is 31.1 Å². The molecule has 0 aliphatic rings. The Morgan fingerprint density at radius 3 is 2.90 bits per heavy atom. The van der Waals surface area contributed by atoms with Gasteiger partial charge in [-0.05, 0) is 11.6 Å². The number of nitrogens with zero attached hydrogens (tertiary/aromatic N) is 2. The van der Waals surface area contributed by atoms with Crippen LogP contribution in [0.5, 0.6) is 0 Å². The van der Waals surface area contributed by atoms with Gasteiger partial charge in [0.15, 0.2) is 0 Å². The molecule has 7 heteroatoms. The lowest BCUT2D eigenvalue weighted by molar-refractivity contribution is -0.384. The van der Waals surface area contributed by atoms with Crippen molar-refractivity contribution in [3.05, 3.63) is 64.0 Å². The minimum atomic E-state index is -0.584. The summed E-state index contributed by atoms with van der Waals surface area (Å²) in [6.45, 7) is 0.339. The molecule has 0 fully saturated rings. The van der Waals surface area contributed by atoms with Crippen LogP contribution < -0.4 is 11.1 Å². The van der Waals surface area contributed by atoms with Gasteiger partial charge in [-0.25, -0.2) is 0 Å². The number of anilines is 1. The van der Waals surface area contributed by atoms with Gasteiger partial charge in [0.05, 0.1) is 16.2 Å². The van der Waals surface area contributed by atoms with Crippen molar-refractivity contribution in [3.8, 4) is 0 Å². The Balaban J connectivity index is 2.15. The number of hydrogen-bond donors (Lipinski definition) is 2. The molecule has 0 radical (unpaired) electrons. The smallest absolute Gasteiger partial charge is 0.269 e. The number of benzene rings is 1. The molecule has 0 saturated carbocycles. The average molecular weight is 272 g/mol. The summed E-state index contributed by atoms with van der Waals surface area (Å²) in [7, 11) is 0.